The van der Waals surface area contributed by atoms with Crippen LogP contribution in [-0.4, -0.2) is 41.7 Å². The van der Waals surface area contributed by atoms with E-state index in [1.165, 1.54) is 22.3 Å². The molecule has 0 bridgehead atoms. The standard InChI is InChI=1S/C25H36N4O.HI/c1-3-22-7-5-6-8-23(22)18-28-25(26-4-2)27-17-20-9-11-21(12-10-20)19-29-15-13-24(30)14-16-29;/h5-12,24,30H,3-4,13-19H2,1-2H3,(H2,26,27,28);1H. The predicted molar refractivity (Wildman–Crippen MR) is 140 cm³/mol. The first kappa shape index (κ1) is 25.6. The van der Waals surface area contributed by atoms with Gasteiger partial charge >= 0.3 is 0 Å². The molecule has 0 saturated carbocycles. The number of aliphatic imine (C=N–C) groups is 1. The fourth-order valence-electron chi connectivity index (χ4n) is 3.85. The van der Waals surface area contributed by atoms with Gasteiger partial charge in [-0.25, -0.2) is 4.99 Å². The highest BCUT2D eigenvalue weighted by Crippen LogP contribution is 2.14. The molecule has 3 rings (SSSR count). The highest BCUT2D eigenvalue weighted by molar-refractivity contribution is 14.0. The lowest BCUT2D eigenvalue weighted by atomic mass is 10.1. The zero-order valence-corrected chi connectivity index (χ0v) is 21.1. The summed E-state index contributed by atoms with van der Waals surface area (Å²) in [4.78, 5) is 7.18. The van der Waals surface area contributed by atoms with Gasteiger partial charge < -0.3 is 15.7 Å². The van der Waals surface area contributed by atoms with Gasteiger partial charge in [-0.15, -0.1) is 24.0 Å². The van der Waals surface area contributed by atoms with E-state index < -0.39 is 0 Å². The zero-order valence-electron chi connectivity index (χ0n) is 18.8. The molecule has 0 aliphatic carbocycles. The van der Waals surface area contributed by atoms with Crippen LogP contribution in [0.3, 0.4) is 0 Å². The summed E-state index contributed by atoms with van der Waals surface area (Å²) in [7, 11) is 0. The molecule has 1 aliphatic heterocycles. The minimum absolute atomic E-state index is 0. The fraction of sp³-hybridized carbons (Fsp3) is 0.480. The van der Waals surface area contributed by atoms with Crippen LogP contribution in [0.25, 0.3) is 0 Å². The van der Waals surface area contributed by atoms with Gasteiger partial charge in [0.1, 0.15) is 0 Å². The number of hydrogen-bond donors (Lipinski definition) is 3. The Morgan fingerprint density at radius 1 is 0.968 bits per heavy atom. The summed E-state index contributed by atoms with van der Waals surface area (Å²) in [5.74, 6) is 0.847. The van der Waals surface area contributed by atoms with E-state index >= 15 is 0 Å². The summed E-state index contributed by atoms with van der Waals surface area (Å²) in [6.45, 7) is 9.46. The molecule has 0 radical (unpaired) electrons. The van der Waals surface area contributed by atoms with E-state index in [9.17, 15) is 5.11 Å². The van der Waals surface area contributed by atoms with Gasteiger partial charge in [0.05, 0.1) is 12.6 Å². The first-order valence-corrected chi connectivity index (χ1v) is 11.2. The van der Waals surface area contributed by atoms with Crippen LogP contribution >= 0.6 is 24.0 Å². The molecule has 6 heteroatoms. The Morgan fingerprint density at radius 3 is 2.26 bits per heavy atom. The molecule has 0 unspecified atom stereocenters. The van der Waals surface area contributed by atoms with E-state index in [-0.39, 0.29) is 30.1 Å². The molecule has 1 aliphatic rings. The highest BCUT2D eigenvalue weighted by atomic mass is 127. The molecule has 5 nitrogen and oxygen atoms in total. The monoisotopic (exact) mass is 536 g/mol. The van der Waals surface area contributed by atoms with Gasteiger partial charge in [0.15, 0.2) is 5.96 Å². The average Bonchev–Trinajstić information content (AvgIpc) is 2.78. The quantitative estimate of drug-likeness (QED) is 0.271. The third-order valence-corrected chi connectivity index (χ3v) is 5.70. The maximum absolute atomic E-state index is 9.65. The topological polar surface area (TPSA) is 59.9 Å². The van der Waals surface area contributed by atoms with E-state index in [1.807, 2.05) is 0 Å². The second-order valence-electron chi connectivity index (χ2n) is 7.99. The van der Waals surface area contributed by atoms with Crippen LogP contribution in [0.5, 0.6) is 0 Å². The summed E-state index contributed by atoms with van der Waals surface area (Å²) < 4.78 is 0. The van der Waals surface area contributed by atoms with Crippen molar-refractivity contribution in [2.75, 3.05) is 19.6 Å². The van der Waals surface area contributed by atoms with Crippen LogP contribution in [0.15, 0.2) is 53.5 Å². The number of aliphatic hydroxyl groups excluding tert-OH is 1. The minimum Gasteiger partial charge on any atom is -0.393 e. The number of guanidine groups is 1. The normalized spacial score (nSPS) is 15.4. The number of rotatable bonds is 8. The molecule has 2 aromatic rings. The minimum atomic E-state index is -0.114. The maximum Gasteiger partial charge on any atom is 0.191 e. The zero-order chi connectivity index (χ0) is 21.2. The fourth-order valence-corrected chi connectivity index (χ4v) is 3.85. The van der Waals surface area contributed by atoms with Crippen molar-refractivity contribution in [1.82, 2.24) is 15.5 Å². The van der Waals surface area contributed by atoms with Crippen molar-refractivity contribution in [3.05, 3.63) is 70.8 Å². The predicted octanol–water partition coefficient (Wildman–Crippen LogP) is 4.08. The van der Waals surface area contributed by atoms with Crippen molar-refractivity contribution in [1.29, 1.82) is 0 Å². The summed E-state index contributed by atoms with van der Waals surface area (Å²) in [6, 6.07) is 17.3. The number of aryl methyl sites for hydroxylation is 1. The third-order valence-electron chi connectivity index (χ3n) is 5.70. The van der Waals surface area contributed by atoms with E-state index in [4.69, 9.17) is 4.99 Å². The van der Waals surface area contributed by atoms with E-state index in [0.717, 1.165) is 57.9 Å². The number of likely N-dealkylation sites (tertiary alicyclic amines) is 1. The highest BCUT2D eigenvalue weighted by Gasteiger charge is 2.16. The molecule has 1 fully saturated rings. The number of nitrogens with one attached hydrogen (secondary N) is 2. The molecular formula is C25H37IN4O. The van der Waals surface area contributed by atoms with Crippen LogP contribution in [0.1, 0.15) is 48.9 Å². The third kappa shape index (κ3) is 8.43. The van der Waals surface area contributed by atoms with Crippen molar-refractivity contribution < 1.29 is 5.11 Å². The lowest BCUT2D eigenvalue weighted by Crippen LogP contribution is -2.37. The molecular weight excluding hydrogens is 499 g/mol. The number of benzene rings is 2. The molecule has 2 aromatic carbocycles. The Balaban J connectivity index is 0.00000341. The Bertz CT molecular complexity index is 801. The summed E-state index contributed by atoms with van der Waals surface area (Å²) >= 11 is 0. The Hall–Kier alpha value is -1.64. The maximum atomic E-state index is 9.65. The summed E-state index contributed by atoms with van der Waals surface area (Å²) in [6.07, 6.45) is 2.69. The lowest BCUT2D eigenvalue weighted by Gasteiger charge is -2.29. The molecule has 0 spiro atoms. The van der Waals surface area contributed by atoms with Crippen molar-refractivity contribution in [2.24, 2.45) is 4.99 Å². The van der Waals surface area contributed by atoms with Gasteiger partial charge in [-0.05, 0) is 48.4 Å². The Labute approximate surface area is 204 Å². The largest absolute Gasteiger partial charge is 0.393 e. The molecule has 31 heavy (non-hydrogen) atoms. The van der Waals surface area contributed by atoms with Crippen molar-refractivity contribution in [2.45, 2.75) is 58.8 Å². The van der Waals surface area contributed by atoms with Gasteiger partial charge in [0, 0.05) is 32.7 Å². The summed E-state index contributed by atoms with van der Waals surface area (Å²) in [5, 5.41) is 16.5. The molecule has 1 saturated heterocycles. The molecule has 0 atom stereocenters. The van der Waals surface area contributed by atoms with Crippen molar-refractivity contribution in [3.63, 3.8) is 0 Å². The molecule has 1 heterocycles. The number of halogens is 1. The molecule has 3 N–H and O–H groups in total. The number of hydrogen-bond acceptors (Lipinski definition) is 3. The van der Waals surface area contributed by atoms with Crippen molar-refractivity contribution >= 4 is 29.9 Å². The van der Waals surface area contributed by atoms with Crippen LogP contribution in [0, 0.1) is 0 Å². The summed E-state index contributed by atoms with van der Waals surface area (Å²) in [5.41, 5.74) is 5.22. The average molecular weight is 537 g/mol. The van der Waals surface area contributed by atoms with Gasteiger partial charge in [-0.1, -0.05) is 55.5 Å². The van der Waals surface area contributed by atoms with Crippen LogP contribution in [-0.2, 0) is 26.1 Å². The Kier molecular flexibility index (Phi) is 11.3. The first-order valence-electron chi connectivity index (χ1n) is 11.2. The van der Waals surface area contributed by atoms with Gasteiger partial charge in [0.2, 0.25) is 0 Å². The SMILES string of the molecule is CCNC(=NCc1ccc(CN2CCC(O)CC2)cc1)NCc1ccccc1CC.I. The lowest BCUT2D eigenvalue weighted by molar-refractivity contribution is 0.0792. The van der Waals surface area contributed by atoms with Crippen molar-refractivity contribution in [3.8, 4) is 0 Å². The smallest absolute Gasteiger partial charge is 0.191 e. The van der Waals surface area contributed by atoms with E-state index in [2.05, 4.69) is 77.9 Å². The van der Waals surface area contributed by atoms with Crippen LogP contribution < -0.4 is 10.6 Å². The van der Waals surface area contributed by atoms with Gasteiger partial charge in [-0.3, -0.25) is 4.90 Å². The number of aliphatic hydroxyl groups is 1. The molecule has 0 amide bonds. The van der Waals surface area contributed by atoms with Gasteiger partial charge in [-0.2, -0.15) is 0 Å². The van der Waals surface area contributed by atoms with Gasteiger partial charge in [0.25, 0.3) is 0 Å². The number of piperidine rings is 1. The first-order chi connectivity index (χ1) is 14.7. The van der Waals surface area contributed by atoms with Crippen LogP contribution in [0.4, 0.5) is 0 Å². The molecule has 170 valence electrons. The molecule has 0 aromatic heterocycles. The second-order valence-corrected chi connectivity index (χ2v) is 7.99. The Morgan fingerprint density at radius 2 is 1.61 bits per heavy atom. The van der Waals surface area contributed by atoms with Crippen LogP contribution in [0.2, 0.25) is 0 Å². The number of nitrogens with zero attached hydrogens (tertiary/aromatic N) is 2. The van der Waals surface area contributed by atoms with E-state index in [1.54, 1.807) is 0 Å². The second kappa shape index (κ2) is 13.7. The van der Waals surface area contributed by atoms with E-state index in [0.29, 0.717) is 6.54 Å².